The fourth-order valence-corrected chi connectivity index (χ4v) is 10.6. The Labute approximate surface area is 314 Å². The Kier molecular flexibility index (Phi) is 5.68. The van der Waals surface area contributed by atoms with E-state index in [4.69, 9.17) is 20.0 Å². The third kappa shape index (κ3) is 3.08. The van der Waals surface area contributed by atoms with Crippen molar-refractivity contribution >= 4 is 56.5 Å². The zero-order chi connectivity index (χ0) is 37.8. The number of hydrogen-bond acceptors (Lipinski definition) is 4. The lowest BCUT2D eigenvalue weighted by molar-refractivity contribution is -0.790. The molecule has 1 atom stereocenters. The largest absolute Gasteiger partial charge is 0.404 e. The monoisotopic (exact) mass is 708 g/mol. The first-order chi connectivity index (χ1) is 25.9. The van der Waals surface area contributed by atoms with Crippen LogP contribution < -0.4 is 11.0 Å². The number of aryl methyl sites for hydroxylation is 9. The number of aliphatic imine (C=N–C) groups is 2. The Morgan fingerprint density at radius 3 is 1.33 bits per heavy atom. The summed E-state index contributed by atoms with van der Waals surface area (Å²) in [5.74, 6) is 4.66. The highest BCUT2D eigenvalue weighted by Crippen LogP contribution is 2.55. The van der Waals surface area contributed by atoms with Crippen molar-refractivity contribution in [2.45, 2.75) is 95.9 Å². The van der Waals surface area contributed by atoms with Gasteiger partial charge in [-0.3, -0.25) is 0 Å². The van der Waals surface area contributed by atoms with Crippen molar-refractivity contribution < 1.29 is 9.15 Å². The maximum absolute atomic E-state index is 5.79. The normalized spacial score (nSPS) is 18.5. The number of aromatic nitrogens is 2. The van der Waals surface area contributed by atoms with Gasteiger partial charge >= 0.3 is 5.91 Å². The van der Waals surface area contributed by atoms with E-state index in [1.807, 2.05) is 13.8 Å². The van der Waals surface area contributed by atoms with E-state index in [1.165, 1.54) is 83.1 Å². The van der Waals surface area contributed by atoms with Gasteiger partial charge in [-0.1, -0.05) is 64.1 Å². The Morgan fingerprint density at radius 1 is 0.426 bits per heavy atom. The van der Waals surface area contributed by atoms with Crippen molar-refractivity contribution in [1.82, 2.24) is 9.13 Å². The van der Waals surface area contributed by atoms with Gasteiger partial charge in [0, 0.05) is 0 Å². The molecule has 0 amide bonds. The lowest BCUT2D eigenvalue weighted by atomic mass is 9.93. The van der Waals surface area contributed by atoms with E-state index in [2.05, 4.69) is 125 Å². The third-order valence-corrected chi connectivity index (χ3v) is 13.3. The molecule has 6 aliphatic heterocycles. The molecule has 266 valence electrons. The number of hydrogen-bond donors (Lipinski definition) is 0. The lowest BCUT2D eigenvalue weighted by Crippen LogP contribution is -2.71. The summed E-state index contributed by atoms with van der Waals surface area (Å²) < 4.78 is 9.81. The van der Waals surface area contributed by atoms with Crippen LogP contribution in [0.3, 0.4) is 0 Å². The molecule has 1 spiro atoms. The minimum atomic E-state index is -1.00. The van der Waals surface area contributed by atoms with E-state index >= 15 is 0 Å². The maximum atomic E-state index is 5.79. The standard InChI is InChI=1S/C44H38N8.C2H6/c1-17-12-13-18(2)29-28(17)36-45-38-30-22(6)14-19(3)25(9)33(30)41-47-40-32-24(8)16-21(5)27(11)35(32)43-48-42-34-26(10)20(4)15-23(7)31(34)39-46-37(29)49(36)44(50(38)41,51(39)42)52(40)43;1-2/h12-16H,1-11H3;1-2H3/q+2;/t44-;/m1./s1. The molecule has 54 heavy (non-hydrogen) atoms. The zero-order valence-corrected chi connectivity index (χ0v) is 33.5. The third-order valence-electron chi connectivity index (χ3n) is 13.3. The van der Waals surface area contributed by atoms with Crippen LogP contribution in [0.4, 0.5) is 11.6 Å². The molecule has 2 aromatic heterocycles. The van der Waals surface area contributed by atoms with Crippen LogP contribution in [0, 0.1) is 76.2 Å². The summed E-state index contributed by atoms with van der Waals surface area (Å²) in [5, 5.41) is 4.65. The van der Waals surface area contributed by atoms with Gasteiger partial charge in [0.1, 0.15) is 0 Å². The van der Waals surface area contributed by atoms with Gasteiger partial charge in [-0.15, -0.1) is 9.15 Å². The van der Waals surface area contributed by atoms with Crippen molar-refractivity contribution in [3.63, 3.8) is 0 Å². The fraction of sp³-hybridized carbons (Fsp3) is 0.304. The van der Waals surface area contributed by atoms with Gasteiger partial charge in [-0.25, -0.2) is 0 Å². The molecule has 8 heterocycles. The minimum absolute atomic E-state index is 0.938. The van der Waals surface area contributed by atoms with E-state index in [1.54, 1.807) is 0 Å². The lowest BCUT2D eigenvalue weighted by Gasteiger charge is -2.40. The van der Waals surface area contributed by atoms with Gasteiger partial charge in [0.25, 0.3) is 23.3 Å². The van der Waals surface area contributed by atoms with Gasteiger partial charge < -0.3 is 0 Å². The second-order valence-corrected chi connectivity index (χ2v) is 16.1. The molecule has 0 unspecified atom stereocenters. The van der Waals surface area contributed by atoms with Crippen LogP contribution in [0.15, 0.2) is 50.3 Å². The van der Waals surface area contributed by atoms with E-state index in [0.717, 1.165) is 67.9 Å². The van der Waals surface area contributed by atoms with Gasteiger partial charge in [0.05, 0.1) is 43.8 Å². The predicted octanol–water partition coefficient (Wildman–Crippen LogP) is 8.13. The van der Waals surface area contributed by atoms with Gasteiger partial charge in [-0.2, -0.15) is 9.13 Å². The summed E-state index contributed by atoms with van der Waals surface area (Å²) in [6, 6.07) is 11.4. The van der Waals surface area contributed by atoms with Crippen molar-refractivity contribution in [1.29, 1.82) is 0 Å². The molecule has 8 heteroatoms. The first-order valence-corrected chi connectivity index (χ1v) is 19.4. The summed E-state index contributed by atoms with van der Waals surface area (Å²) in [6.07, 6.45) is 0. The topological polar surface area (TPSA) is 65.3 Å². The molecule has 6 aromatic rings. The molecular weight excluding hydrogens is 665 g/mol. The van der Waals surface area contributed by atoms with E-state index in [9.17, 15) is 0 Å². The summed E-state index contributed by atoms with van der Waals surface area (Å²) in [6.45, 7) is 28.6. The van der Waals surface area contributed by atoms with Crippen LogP contribution in [-0.2, 0) is 5.91 Å². The van der Waals surface area contributed by atoms with Crippen LogP contribution >= 0.6 is 0 Å². The van der Waals surface area contributed by atoms with E-state index in [0.29, 0.717) is 0 Å². The summed E-state index contributed by atoms with van der Waals surface area (Å²) in [7, 11) is 0. The first kappa shape index (κ1) is 31.7. The molecule has 8 nitrogen and oxygen atoms in total. The SMILES string of the molecule is CC.Cc1cc(C)c2c(c1C)C1=Nc3c4c(C)cc(C)c(C)c4c4n3[C@@]35n6c(c7c(C)ccc(C)c7c6=NC6=[N+]3C(=N4)c3c(C)c(C)cc(C)c36)=NC2=[N+]15. The molecule has 6 aliphatic rings. The van der Waals surface area contributed by atoms with Crippen LogP contribution in [0.2, 0.25) is 0 Å². The molecule has 0 aliphatic carbocycles. The molecule has 0 radical (unpaired) electrons. The molecule has 12 rings (SSSR count). The maximum Gasteiger partial charge on any atom is 0.404 e. The number of nitrogens with zero attached hydrogens (tertiary/aromatic N) is 8. The number of rotatable bonds is 0. The molecule has 0 saturated carbocycles. The minimum Gasteiger partial charge on any atom is -0.192 e. The molecule has 0 fully saturated rings. The fourth-order valence-electron chi connectivity index (χ4n) is 10.6. The zero-order valence-electron chi connectivity index (χ0n) is 33.5. The summed E-state index contributed by atoms with van der Waals surface area (Å²) in [5.41, 5.74) is 20.1. The Bertz CT molecular complexity index is 3170. The average Bonchev–Trinajstić information content (AvgIpc) is 3.87. The number of amidine groups is 4. The molecule has 0 bridgehead atoms. The Morgan fingerprint density at radius 2 is 0.852 bits per heavy atom. The molecule has 0 saturated heterocycles. The van der Waals surface area contributed by atoms with E-state index < -0.39 is 5.91 Å². The second-order valence-electron chi connectivity index (χ2n) is 16.1. The summed E-state index contributed by atoms with van der Waals surface area (Å²) >= 11 is 0. The smallest absolute Gasteiger partial charge is 0.192 e. The Balaban J connectivity index is 0.00000168. The van der Waals surface area contributed by atoms with E-state index in [-0.39, 0.29) is 0 Å². The number of benzene rings is 4. The van der Waals surface area contributed by atoms with Gasteiger partial charge in [-0.05, 0) is 137 Å². The van der Waals surface area contributed by atoms with Crippen molar-refractivity contribution in [2.24, 2.45) is 20.0 Å². The Hall–Kier alpha value is -5.76. The second kappa shape index (κ2) is 9.66. The summed E-state index contributed by atoms with van der Waals surface area (Å²) in [4.78, 5) is 23.1. The molecule has 4 aromatic carbocycles. The van der Waals surface area contributed by atoms with Crippen molar-refractivity contribution in [3.8, 4) is 0 Å². The first-order valence-electron chi connectivity index (χ1n) is 19.4. The van der Waals surface area contributed by atoms with Crippen LogP contribution in [-0.4, -0.2) is 41.6 Å². The van der Waals surface area contributed by atoms with Gasteiger partial charge in [0.15, 0.2) is 0 Å². The van der Waals surface area contributed by atoms with Gasteiger partial charge in [0.2, 0.25) is 22.6 Å². The predicted molar refractivity (Wildman–Crippen MR) is 217 cm³/mol. The highest BCUT2D eigenvalue weighted by Gasteiger charge is 2.70. The van der Waals surface area contributed by atoms with Crippen molar-refractivity contribution in [3.05, 3.63) is 125 Å². The average molecular weight is 709 g/mol. The highest BCUT2D eigenvalue weighted by molar-refractivity contribution is 6.22. The molecule has 0 N–H and O–H groups in total. The number of fused-ring (bicyclic) bond motifs is 12. The van der Waals surface area contributed by atoms with Crippen LogP contribution in [0.25, 0.3) is 21.5 Å². The molecular formula is C46H44N8+2. The highest BCUT2D eigenvalue weighted by atomic mass is 15.7. The van der Waals surface area contributed by atoms with Crippen LogP contribution in [0.1, 0.15) is 97.3 Å². The van der Waals surface area contributed by atoms with Crippen LogP contribution in [0.5, 0.6) is 0 Å². The van der Waals surface area contributed by atoms with Crippen molar-refractivity contribution in [2.75, 3.05) is 0 Å². The quantitative estimate of drug-likeness (QED) is 0.143.